The summed E-state index contributed by atoms with van der Waals surface area (Å²) in [5, 5.41) is 0. The van der Waals surface area contributed by atoms with E-state index in [4.69, 9.17) is 5.73 Å². The van der Waals surface area contributed by atoms with Crippen molar-refractivity contribution in [2.24, 2.45) is 19.8 Å². The van der Waals surface area contributed by atoms with Crippen LogP contribution in [0.15, 0.2) is 23.0 Å². The van der Waals surface area contributed by atoms with Gasteiger partial charge in [0.25, 0.3) is 0 Å². The van der Waals surface area contributed by atoms with Gasteiger partial charge in [0.2, 0.25) is 0 Å². The molecule has 1 saturated heterocycles. The van der Waals surface area contributed by atoms with Gasteiger partial charge >= 0.3 is 5.69 Å². The Morgan fingerprint density at radius 1 is 1.15 bits per heavy atom. The zero-order valence-corrected chi connectivity index (χ0v) is 12.2. The van der Waals surface area contributed by atoms with E-state index in [9.17, 15) is 4.79 Å². The summed E-state index contributed by atoms with van der Waals surface area (Å²) in [6, 6.07) is 6.10. The molecule has 1 aromatic heterocycles. The number of nitrogens with two attached hydrogens (primary N) is 1. The van der Waals surface area contributed by atoms with Crippen LogP contribution in [0, 0.1) is 0 Å². The molecule has 1 aliphatic heterocycles. The third-order valence-electron chi connectivity index (χ3n) is 4.38. The maximum atomic E-state index is 11.9. The highest BCUT2D eigenvalue weighted by Crippen LogP contribution is 2.20. The highest BCUT2D eigenvalue weighted by atomic mass is 16.1. The Morgan fingerprint density at radius 2 is 1.80 bits per heavy atom. The molecule has 0 spiro atoms. The molecule has 1 atom stereocenters. The Hall–Kier alpha value is -1.59. The van der Waals surface area contributed by atoms with Gasteiger partial charge in [-0.05, 0) is 43.6 Å². The van der Waals surface area contributed by atoms with Crippen molar-refractivity contribution in [3.8, 4) is 0 Å². The first-order valence-corrected chi connectivity index (χ1v) is 7.21. The highest BCUT2D eigenvalue weighted by Gasteiger charge is 2.17. The highest BCUT2D eigenvalue weighted by molar-refractivity contribution is 5.77. The van der Waals surface area contributed by atoms with E-state index in [2.05, 4.69) is 11.0 Å². The zero-order valence-electron chi connectivity index (χ0n) is 12.2. The van der Waals surface area contributed by atoms with Crippen LogP contribution in [0.2, 0.25) is 0 Å². The Balaban J connectivity index is 1.92. The lowest BCUT2D eigenvalue weighted by atomic mass is 10.1. The minimum absolute atomic E-state index is 0.00487. The van der Waals surface area contributed by atoms with Crippen LogP contribution in [-0.4, -0.2) is 33.7 Å². The Morgan fingerprint density at radius 3 is 2.50 bits per heavy atom. The van der Waals surface area contributed by atoms with Gasteiger partial charge in [-0.15, -0.1) is 0 Å². The molecule has 1 aromatic carbocycles. The average Bonchev–Trinajstić information content (AvgIpc) is 3.03. The number of benzene rings is 1. The molecule has 1 fully saturated rings. The largest absolute Gasteiger partial charge is 0.328 e. The molecule has 5 heteroatoms. The van der Waals surface area contributed by atoms with E-state index in [0.717, 1.165) is 36.2 Å². The number of hydrogen-bond acceptors (Lipinski definition) is 3. The van der Waals surface area contributed by atoms with E-state index in [1.807, 2.05) is 12.1 Å². The number of rotatable bonds is 3. The first-order valence-electron chi connectivity index (χ1n) is 7.21. The van der Waals surface area contributed by atoms with Crippen LogP contribution in [0.25, 0.3) is 11.0 Å². The molecular weight excluding hydrogens is 252 g/mol. The van der Waals surface area contributed by atoms with Crippen LogP contribution < -0.4 is 11.4 Å². The second kappa shape index (κ2) is 5.07. The van der Waals surface area contributed by atoms with Gasteiger partial charge in [-0.1, -0.05) is 6.07 Å². The van der Waals surface area contributed by atoms with Gasteiger partial charge in [-0.3, -0.25) is 9.13 Å². The minimum atomic E-state index is 0.00487. The van der Waals surface area contributed by atoms with Crippen molar-refractivity contribution in [2.75, 3.05) is 19.6 Å². The first kappa shape index (κ1) is 13.4. The molecular formula is C15H22N4O. The number of aromatic nitrogens is 2. The predicted molar refractivity (Wildman–Crippen MR) is 80.8 cm³/mol. The quantitative estimate of drug-likeness (QED) is 0.907. The lowest BCUT2D eigenvalue weighted by Gasteiger charge is -2.20. The summed E-state index contributed by atoms with van der Waals surface area (Å²) in [7, 11) is 3.61. The van der Waals surface area contributed by atoms with Gasteiger partial charge in [0.1, 0.15) is 0 Å². The molecule has 0 saturated carbocycles. The fourth-order valence-electron chi connectivity index (χ4n) is 3.10. The van der Waals surface area contributed by atoms with E-state index in [1.54, 1.807) is 23.2 Å². The molecule has 5 nitrogen and oxygen atoms in total. The summed E-state index contributed by atoms with van der Waals surface area (Å²) in [5.41, 5.74) is 9.34. The van der Waals surface area contributed by atoms with Crippen molar-refractivity contribution in [1.82, 2.24) is 14.0 Å². The zero-order chi connectivity index (χ0) is 14.3. The van der Waals surface area contributed by atoms with Crippen molar-refractivity contribution in [3.63, 3.8) is 0 Å². The van der Waals surface area contributed by atoms with Gasteiger partial charge in [-0.25, -0.2) is 4.79 Å². The van der Waals surface area contributed by atoms with Crippen LogP contribution in [0.1, 0.15) is 24.4 Å². The number of hydrogen-bond donors (Lipinski definition) is 1. The summed E-state index contributed by atoms with van der Waals surface area (Å²) in [6.07, 6.45) is 2.55. The smallest absolute Gasteiger partial charge is 0.323 e. The maximum absolute atomic E-state index is 11.9. The number of fused-ring (bicyclic) bond motifs is 1. The summed E-state index contributed by atoms with van der Waals surface area (Å²) in [4.78, 5) is 14.3. The number of nitrogens with zero attached hydrogens (tertiary/aromatic N) is 3. The first-order chi connectivity index (χ1) is 9.58. The molecule has 2 heterocycles. The summed E-state index contributed by atoms with van der Waals surface area (Å²) in [5.74, 6) is 0. The number of likely N-dealkylation sites (tertiary alicyclic amines) is 1. The number of imidazole rings is 1. The fourth-order valence-corrected chi connectivity index (χ4v) is 3.10. The van der Waals surface area contributed by atoms with Crippen molar-refractivity contribution in [3.05, 3.63) is 34.2 Å². The molecule has 2 N–H and O–H groups in total. The molecule has 2 aromatic rings. The SMILES string of the molecule is Cn1c(=O)n(C)c2cc(C(N)CN3CCCC3)ccc21. The van der Waals surface area contributed by atoms with Crippen LogP contribution in [0.5, 0.6) is 0 Å². The molecule has 1 unspecified atom stereocenters. The Bertz CT molecular complexity index is 679. The normalized spacial score (nSPS) is 17.9. The van der Waals surface area contributed by atoms with Crippen molar-refractivity contribution in [2.45, 2.75) is 18.9 Å². The van der Waals surface area contributed by atoms with E-state index in [0.29, 0.717) is 0 Å². The van der Waals surface area contributed by atoms with Crippen molar-refractivity contribution < 1.29 is 0 Å². The average molecular weight is 274 g/mol. The molecule has 0 radical (unpaired) electrons. The van der Waals surface area contributed by atoms with Gasteiger partial charge in [0.15, 0.2) is 0 Å². The predicted octanol–water partition coefficient (Wildman–Crippen LogP) is 0.973. The number of aryl methyl sites for hydroxylation is 2. The van der Waals surface area contributed by atoms with Crippen LogP contribution >= 0.6 is 0 Å². The third kappa shape index (κ3) is 2.17. The van der Waals surface area contributed by atoms with Gasteiger partial charge in [0.05, 0.1) is 11.0 Å². The van der Waals surface area contributed by atoms with E-state index in [-0.39, 0.29) is 11.7 Å². The fraction of sp³-hybridized carbons (Fsp3) is 0.533. The monoisotopic (exact) mass is 274 g/mol. The lowest BCUT2D eigenvalue weighted by molar-refractivity contribution is 0.316. The standard InChI is InChI=1S/C15H22N4O/c1-17-13-6-5-11(9-14(13)18(2)15(17)20)12(16)10-19-7-3-4-8-19/h5-6,9,12H,3-4,7-8,10,16H2,1-2H3. The van der Waals surface area contributed by atoms with E-state index >= 15 is 0 Å². The molecule has 0 amide bonds. The lowest BCUT2D eigenvalue weighted by Crippen LogP contribution is -2.29. The van der Waals surface area contributed by atoms with E-state index < -0.39 is 0 Å². The molecule has 0 aliphatic carbocycles. The third-order valence-corrected chi connectivity index (χ3v) is 4.38. The van der Waals surface area contributed by atoms with E-state index in [1.165, 1.54) is 12.8 Å². The van der Waals surface area contributed by atoms with Crippen LogP contribution in [0.3, 0.4) is 0 Å². The van der Waals surface area contributed by atoms with Crippen LogP contribution in [-0.2, 0) is 14.1 Å². The van der Waals surface area contributed by atoms with Gasteiger partial charge in [0, 0.05) is 26.7 Å². The Labute approximate surface area is 118 Å². The molecule has 108 valence electrons. The second-order valence-corrected chi connectivity index (χ2v) is 5.76. The minimum Gasteiger partial charge on any atom is -0.323 e. The molecule has 20 heavy (non-hydrogen) atoms. The van der Waals surface area contributed by atoms with Crippen molar-refractivity contribution in [1.29, 1.82) is 0 Å². The molecule has 0 bridgehead atoms. The summed E-state index contributed by atoms with van der Waals surface area (Å²) >= 11 is 0. The van der Waals surface area contributed by atoms with Crippen molar-refractivity contribution >= 4 is 11.0 Å². The van der Waals surface area contributed by atoms with Gasteiger partial charge in [-0.2, -0.15) is 0 Å². The van der Waals surface area contributed by atoms with Gasteiger partial charge < -0.3 is 10.6 Å². The van der Waals surface area contributed by atoms with Crippen LogP contribution in [0.4, 0.5) is 0 Å². The Kier molecular flexibility index (Phi) is 3.40. The molecule has 1 aliphatic rings. The summed E-state index contributed by atoms with van der Waals surface area (Å²) in [6.45, 7) is 3.20. The summed E-state index contributed by atoms with van der Waals surface area (Å²) < 4.78 is 3.35. The molecule has 3 rings (SSSR count). The topological polar surface area (TPSA) is 56.2 Å². The maximum Gasteiger partial charge on any atom is 0.328 e. The second-order valence-electron chi connectivity index (χ2n) is 5.76.